The van der Waals surface area contributed by atoms with Crippen molar-refractivity contribution >= 4 is 11.2 Å². The van der Waals surface area contributed by atoms with Gasteiger partial charge in [0.25, 0.3) is 0 Å². The summed E-state index contributed by atoms with van der Waals surface area (Å²) in [7, 11) is 0. The van der Waals surface area contributed by atoms with Crippen LogP contribution >= 0.6 is 0 Å². The standard InChI is InChI=1S/C7H3N3O/c8-3-5-1-2-9-7-6(5)11-4-10-7/h1-2,4H. The molecule has 2 aromatic rings. The average molecular weight is 145 g/mol. The van der Waals surface area contributed by atoms with Crippen molar-refractivity contribution in [3.8, 4) is 6.07 Å². The van der Waals surface area contributed by atoms with Crippen LogP contribution in [-0.4, -0.2) is 9.97 Å². The number of hydrogen-bond donors (Lipinski definition) is 0. The lowest BCUT2D eigenvalue weighted by Gasteiger charge is -1.85. The minimum atomic E-state index is 0.454. The fourth-order valence-corrected chi connectivity index (χ4v) is 0.862. The Morgan fingerprint density at radius 1 is 1.45 bits per heavy atom. The van der Waals surface area contributed by atoms with Gasteiger partial charge in [-0.15, -0.1) is 0 Å². The lowest BCUT2D eigenvalue weighted by Crippen LogP contribution is -1.78. The maximum absolute atomic E-state index is 8.59. The van der Waals surface area contributed by atoms with E-state index in [0.29, 0.717) is 16.8 Å². The molecule has 0 atom stereocenters. The van der Waals surface area contributed by atoms with E-state index >= 15 is 0 Å². The number of pyridine rings is 1. The van der Waals surface area contributed by atoms with Gasteiger partial charge in [-0.05, 0) is 6.07 Å². The number of oxazole rings is 1. The predicted octanol–water partition coefficient (Wildman–Crippen LogP) is 1.09. The van der Waals surface area contributed by atoms with Crippen LogP contribution in [0.2, 0.25) is 0 Å². The molecule has 2 aromatic heterocycles. The van der Waals surface area contributed by atoms with Gasteiger partial charge in [-0.2, -0.15) is 10.2 Å². The summed E-state index contributed by atoms with van der Waals surface area (Å²) < 4.78 is 4.94. The third-order valence-electron chi connectivity index (χ3n) is 1.35. The van der Waals surface area contributed by atoms with Gasteiger partial charge < -0.3 is 4.42 Å². The molecule has 0 fully saturated rings. The van der Waals surface area contributed by atoms with E-state index in [0.717, 1.165) is 0 Å². The van der Waals surface area contributed by atoms with Crippen molar-refractivity contribution in [1.82, 2.24) is 9.97 Å². The Balaban J connectivity index is 2.92. The number of rotatable bonds is 0. The van der Waals surface area contributed by atoms with Gasteiger partial charge in [0.05, 0.1) is 0 Å². The third-order valence-corrected chi connectivity index (χ3v) is 1.35. The molecule has 0 radical (unpaired) electrons. The zero-order valence-corrected chi connectivity index (χ0v) is 5.48. The molecular weight excluding hydrogens is 142 g/mol. The van der Waals surface area contributed by atoms with E-state index in [2.05, 4.69) is 9.97 Å². The lowest BCUT2D eigenvalue weighted by atomic mass is 10.3. The quantitative estimate of drug-likeness (QED) is 0.556. The normalized spacial score (nSPS) is 9.73. The molecule has 0 unspecified atom stereocenters. The van der Waals surface area contributed by atoms with E-state index < -0.39 is 0 Å². The fourth-order valence-electron chi connectivity index (χ4n) is 0.862. The van der Waals surface area contributed by atoms with Crippen LogP contribution in [-0.2, 0) is 0 Å². The number of fused-ring (bicyclic) bond motifs is 1. The second-order valence-electron chi connectivity index (χ2n) is 1.98. The van der Waals surface area contributed by atoms with E-state index in [-0.39, 0.29) is 0 Å². The van der Waals surface area contributed by atoms with E-state index in [1.165, 1.54) is 12.6 Å². The second kappa shape index (κ2) is 2.06. The zero-order valence-electron chi connectivity index (χ0n) is 5.48. The fraction of sp³-hybridized carbons (Fsp3) is 0. The van der Waals surface area contributed by atoms with Crippen LogP contribution in [0.1, 0.15) is 5.56 Å². The molecule has 0 aliphatic heterocycles. The maximum Gasteiger partial charge on any atom is 0.199 e. The van der Waals surface area contributed by atoms with Gasteiger partial charge >= 0.3 is 0 Å². The molecule has 2 rings (SSSR count). The highest BCUT2D eigenvalue weighted by Gasteiger charge is 2.03. The van der Waals surface area contributed by atoms with Crippen molar-refractivity contribution in [3.63, 3.8) is 0 Å². The average Bonchev–Trinajstić information content (AvgIpc) is 2.50. The van der Waals surface area contributed by atoms with Crippen molar-refractivity contribution in [1.29, 1.82) is 5.26 Å². The van der Waals surface area contributed by atoms with E-state index in [9.17, 15) is 0 Å². The first-order valence-corrected chi connectivity index (χ1v) is 3.00. The Labute approximate surface area is 62.1 Å². The van der Waals surface area contributed by atoms with Crippen LogP contribution in [0.3, 0.4) is 0 Å². The first-order chi connectivity index (χ1) is 5.42. The first kappa shape index (κ1) is 5.86. The van der Waals surface area contributed by atoms with Crippen molar-refractivity contribution in [2.75, 3.05) is 0 Å². The molecule has 0 spiro atoms. The summed E-state index contributed by atoms with van der Waals surface area (Å²) in [5.41, 5.74) is 1.39. The molecular formula is C7H3N3O. The molecule has 11 heavy (non-hydrogen) atoms. The predicted molar refractivity (Wildman–Crippen MR) is 36.5 cm³/mol. The monoisotopic (exact) mass is 145 g/mol. The van der Waals surface area contributed by atoms with Gasteiger partial charge in [-0.3, -0.25) is 0 Å². The molecule has 4 heteroatoms. The summed E-state index contributed by atoms with van der Waals surface area (Å²) in [6.45, 7) is 0. The van der Waals surface area contributed by atoms with Crippen molar-refractivity contribution in [2.24, 2.45) is 0 Å². The summed E-state index contributed by atoms with van der Waals surface area (Å²) in [4.78, 5) is 7.69. The SMILES string of the molecule is N#Cc1ccnc2ncoc12. The Morgan fingerprint density at radius 2 is 2.36 bits per heavy atom. The first-order valence-electron chi connectivity index (χ1n) is 3.00. The van der Waals surface area contributed by atoms with E-state index in [4.69, 9.17) is 9.68 Å². The highest BCUT2D eigenvalue weighted by Crippen LogP contribution is 2.12. The van der Waals surface area contributed by atoms with Crippen molar-refractivity contribution in [3.05, 3.63) is 24.2 Å². The molecule has 0 aliphatic carbocycles. The largest absolute Gasteiger partial charge is 0.440 e. The van der Waals surface area contributed by atoms with Crippen LogP contribution in [0.5, 0.6) is 0 Å². The number of hydrogen-bond acceptors (Lipinski definition) is 4. The summed E-state index contributed by atoms with van der Waals surface area (Å²) in [5.74, 6) is 0. The number of aromatic nitrogens is 2. The molecule has 4 nitrogen and oxygen atoms in total. The molecule has 2 heterocycles. The smallest absolute Gasteiger partial charge is 0.199 e. The van der Waals surface area contributed by atoms with Crippen molar-refractivity contribution in [2.45, 2.75) is 0 Å². The minimum absolute atomic E-state index is 0.454. The maximum atomic E-state index is 8.59. The summed E-state index contributed by atoms with van der Waals surface area (Å²) in [6.07, 6.45) is 2.81. The second-order valence-corrected chi connectivity index (χ2v) is 1.98. The molecule has 0 bridgehead atoms. The Morgan fingerprint density at radius 3 is 3.18 bits per heavy atom. The molecule has 0 aliphatic rings. The van der Waals surface area contributed by atoms with E-state index in [1.54, 1.807) is 6.07 Å². The zero-order chi connectivity index (χ0) is 7.68. The molecule has 0 N–H and O–H groups in total. The van der Waals surface area contributed by atoms with Crippen LogP contribution < -0.4 is 0 Å². The van der Waals surface area contributed by atoms with Gasteiger partial charge in [0.1, 0.15) is 11.6 Å². The van der Waals surface area contributed by atoms with Crippen LogP contribution in [0.25, 0.3) is 11.2 Å². The number of nitrogens with zero attached hydrogens (tertiary/aromatic N) is 3. The van der Waals surface area contributed by atoms with Crippen LogP contribution in [0.15, 0.2) is 23.1 Å². The van der Waals surface area contributed by atoms with Gasteiger partial charge in [0.2, 0.25) is 0 Å². The molecule has 0 saturated carbocycles. The van der Waals surface area contributed by atoms with Crippen molar-refractivity contribution < 1.29 is 4.42 Å². The van der Waals surface area contributed by atoms with Gasteiger partial charge in [-0.1, -0.05) is 0 Å². The third kappa shape index (κ3) is 0.749. The topological polar surface area (TPSA) is 62.7 Å². The Kier molecular flexibility index (Phi) is 1.10. The Hall–Kier alpha value is -1.89. The Bertz CT molecular complexity index is 426. The van der Waals surface area contributed by atoms with Crippen LogP contribution in [0.4, 0.5) is 0 Å². The number of nitriles is 1. The molecule has 0 amide bonds. The summed E-state index contributed by atoms with van der Waals surface area (Å²) in [5, 5.41) is 8.59. The lowest BCUT2D eigenvalue weighted by molar-refractivity contribution is 0.601. The van der Waals surface area contributed by atoms with Gasteiger partial charge in [-0.25, -0.2) is 4.98 Å². The van der Waals surface area contributed by atoms with Gasteiger partial charge in [0.15, 0.2) is 17.6 Å². The summed E-state index contributed by atoms with van der Waals surface area (Å²) >= 11 is 0. The van der Waals surface area contributed by atoms with Crippen LogP contribution in [0, 0.1) is 11.3 Å². The highest BCUT2D eigenvalue weighted by atomic mass is 16.3. The molecule has 52 valence electrons. The minimum Gasteiger partial charge on any atom is -0.440 e. The summed E-state index contributed by atoms with van der Waals surface area (Å²) in [6, 6.07) is 3.57. The molecule has 0 saturated heterocycles. The van der Waals surface area contributed by atoms with Gasteiger partial charge in [0, 0.05) is 6.20 Å². The molecule has 0 aromatic carbocycles. The highest BCUT2D eigenvalue weighted by molar-refractivity contribution is 5.74. The van der Waals surface area contributed by atoms with E-state index in [1.807, 2.05) is 6.07 Å².